The summed E-state index contributed by atoms with van der Waals surface area (Å²) in [5.74, 6) is 0. The molecule has 0 saturated carbocycles. The van der Waals surface area contributed by atoms with Gasteiger partial charge in [0.15, 0.2) is 0 Å². The second-order valence-corrected chi connectivity index (χ2v) is 5.10. The number of hydrogen-bond donors (Lipinski definition) is 2. The van der Waals surface area contributed by atoms with Crippen LogP contribution in [0.15, 0.2) is 18.2 Å². The van der Waals surface area contributed by atoms with Crippen molar-refractivity contribution in [2.45, 2.75) is 18.9 Å². The Bertz CT molecular complexity index is 453. The third-order valence-corrected chi connectivity index (χ3v) is 3.82. The Balaban J connectivity index is 2.04. The highest BCUT2D eigenvalue weighted by Crippen LogP contribution is 2.25. The zero-order chi connectivity index (χ0) is 13.1. The third-order valence-electron chi connectivity index (χ3n) is 3.08. The molecule has 1 saturated heterocycles. The van der Waals surface area contributed by atoms with Crippen LogP contribution in [0.5, 0.6) is 0 Å². The number of amides is 2. The smallest absolute Gasteiger partial charge is 0.322 e. The molecule has 6 heteroatoms. The second kappa shape index (κ2) is 5.78. The summed E-state index contributed by atoms with van der Waals surface area (Å²) in [5.41, 5.74) is 6.28. The van der Waals surface area contributed by atoms with Crippen LogP contribution >= 0.6 is 23.2 Å². The van der Waals surface area contributed by atoms with Gasteiger partial charge in [0, 0.05) is 24.8 Å². The lowest BCUT2D eigenvalue weighted by Gasteiger charge is -2.23. The molecule has 0 spiro atoms. The van der Waals surface area contributed by atoms with Crippen molar-refractivity contribution in [2.75, 3.05) is 18.4 Å². The Kier molecular flexibility index (Phi) is 4.32. The summed E-state index contributed by atoms with van der Waals surface area (Å²) < 4.78 is 0. The zero-order valence-electron chi connectivity index (χ0n) is 9.83. The van der Waals surface area contributed by atoms with E-state index in [0.717, 1.165) is 19.4 Å². The quantitative estimate of drug-likeness (QED) is 0.879. The first-order valence-corrected chi connectivity index (χ1v) is 6.60. The predicted molar refractivity (Wildman–Crippen MR) is 74.3 cm³/mol. The van der Waals surface area contributed by atoms with Crippen LogP contribution in [0, 0.1) is 0 Å². The number of nitrogens with one attached hydrogen (secondary N) is 1. The van der Waals surface area contributed by atoms with Crippen molar-refractivity contribution >= 4 is 34.9 Å². The van der Waals surface area contributed by atoms with E-state index in [2.05, 4.69) is 5.32 Å². The standard InChI is InChI=1S/C12H15Cl2N3O/c13-10-4-3-8(6-11(10)14)16-12(18)17-5-1-2-9(17)7-15/h3-4,6,9H,1-2,5,7,15H2,(H,16,18). The lowest BCUT2D eigenvalue weighted by Crippen LogP contribution is -2.42. The van der Waals surface area contributed by atoms with Crippen LogP contribution < -0.4 is 11.1 Å². The summed E-state index contributed by atoms with van der Waals surface area (Å²) in [6.07, 6.45) is 1.96. The summed E-state index contributed by atoms with van der Waals surface area (Å²) in [5, 5.41) is 3.70. The Labute approximate surface area is 116 Å². The van der Waals surface area contributed by atoms with Gasteiger partial charge in [-0.2, -0.15) is 0 Å². The molecular weight excluding hydrogens is 273 g/mol. The fourth-order valence-electron chi connectivity index (χ4n) is 2.12. The molecule has 0 aliphatic carbocycles. The Hall–Kier alpha value is -0.970. The van der Waals surface area contributed by atoms with Gasteiger partial charge < -0.3 is 16.0 Å². The van der Waals surface area contributed by atoms with Crippen molar-refractivity contribution in [1.29, 1.82) is 0 Å². The summed E-state index contributed by atoms with van der Waals surface area (Å²) in [6, 6.07) is 5.01. The average Bonchev–Trinajstić information content (AvgIpc) is 2.82. The van der Waals surface area contributed by atoms with Crippen molar-refractivity contribution in [3.63, 3.8) is 0 Å². The molecule has 0 radical (unpaired) electrons. The third kappa shape index (κ3) is 2.88. The number of anilines is 1. The van der Waals surface area contributed by atoms with Crippen LogP contribution in [-0.4, -0.2) is 30.1 Å². The number of rotatable bonds is 2. The van der Waals surface area contributed by atoms with E-state index < -0.39 is 0 Å². The monoisotopic (exact) mass is 287 g/mol. The number of likely N-dealkylation sites (tertiary alicyclic amines) is 1. The van der Waals surface area contributed by atoms with Crippen molar-refractivity contribution in [3.05, 3.63) is 28.2 Å². The van der Waals surface area contributed by atoms with Gasteiger partial charge in [-0.3, -0.25) is 0 Å². The van der Waals surface area contributed by atoms with Gasteiger partial charge in [-0.15, -0.1) is 0 Å². The van der Waals surface area contributed by atoms with Crippen molar-refractivity contribution < 1.29 is 4.79 Å². The first kappa shape index (κ1) is 13.5. The van der Waals surface area contributed by atoms with E-state index in [0.29, 0.717) is 22.3 Å². The highest BCUT2D eigenvalue weighted by molar-refractivity contribution is 6.42. The molecule has 1 unspecified atom stereocenters. The number of carbonyl (C=O) groups is 1. The Morgan fingerprint density at radius 1 is 1.44 bits per heavy atom. The molecular formula is C12H15Cl2N3O. The normalized spacial score (nSPS) is 19.1. The van der Waals surface area contributed by atoms with Crippen LogP contribution in [0.2, 0.25) is 10.0 Å². The van der Waals surface area contributed by atoms with E-state index in [1.54, 1.807) is 23.1 Å². The van der Waals surface area contributed by atoms with Gasteiger partial charge >= 0.3 is 6.03 Å². The molecule has 1 heterocycles. The first-order chi connectivity index (χ1) is 8.61. The maximum atomic E-state index is 12.1. The van der Waals surface area contributed by atoms with Gasteiger partial charge in [0.25, 0.3) is 0 Å². The Morgan fingerprint density at radius 3 is 2.89 bits per heavy atom. The molecule has 2 rings (SSSR count). The maximum Gasteiger partial charge on any atom is 0.322 e. The number of carbonyl (C=O) groups excluding carboxylic acids is 1. The van der Waals surface area contributed by atoms with Gasteiger partial charge in [-0.1, -0.05) is 23.2 Å². The minimum Gasteiger partial charge on any atom is -0.328 e. The molecule has 1 atom stereocenters. The molecule has 1 aliphatic heterocycles. The number of nitrogens with zero attached hydrogens (tertiary/aromatic N) is 1. The summed E-state index contributed by atoms with van der Waals surface area (Å²) in [7, 11) is 0. The van der Waals surface area contributed by atoms with Gasteiger partial charge in [-0.05, 0) is 31.0 Å². The number of nitrogens with two attached hydrogens (primary N) is 1. The van der Waals surface area contributed by atoms with Crippen molar-refractivity contribution in [2.24, 2.45) is 5.73 Å². The number of hydrogen-bond acceptors (Lipinski definition) is 2. The van der Waals surface area contributed by atoms with Crippen molar-refractivity contribution in [3.8, 4) is 0 Å². The van der Waals surface area contributed by atoms with E-state index in [4.69, 9.17) is 28.9 Å². The summed E-state index contributed by atoms with van der Waals surface area (Å²) >= 11 is 11.7. The summed E-state index contributed by atoms with van der Waals surface area (Å²) in [6.45, 7) is 1.24. The molecule has 98 valence electrons. The lowest BCUT2D eigenvalue weighted by atomic mass is 10.2. The molecule has 0 bridgehead atoms. The zero-order valence-corrected chi connectivity index (χ0v) is 11.3. The Morgan fingerprint density at radius 2 is 2.22 bits per heavy atom. The molecule has 1 aliphatic rings. The first-order valence-electron chi connectivity index (χ1n) is 5.84. The largest absolute Gasteiger partial charge is 0.328 e. The van der Waals surface area contributed by atoms with E-state index in [1.807, 2.05) is 0 Å². The maximum absolute atomic E-state index is 12.1. The molecule has 1 fully saturated rings. The average molecular weight is 288 g/mol. The molecule has 3 N–H and O–H groups in total. The van der Waals surface area contributed by atoms with E-state index >= 15 is 0 Å². The fraction of sp³-hybridized carbons (Fsp3) is 0.417. The number of urea groups is 1. The number of halogens is 2. The van der Waals surface area contributed by atoms with Gasteiger partial charge in [0.05, 0.1) is 10.0 Å². The molecule has 1 aromatic rings. The van der Waals surface area contributed by atoms with E-state index in [1.165, 1.54) is 0 Å². The topological polar surface area (TPSA) is 58.4 Å². The van der Waals surface area contributed by atoms with Crippen molar-refractivity contribution in [1.82, 2.24) is 4.90 Å². The lowest BCUT2D eigenvalue weighted by molar-refractivity contribution is 0.208. The fourth-order valence-corrected chi connectivity index (χ4v) is 2.42. The molecule has 2 amide bonds. The van der Waals surface area contributed by atoms with Gasteiger partial charge in [-0.25, -0.2) is 4.79 Å². The van der Waals surface area contributed by atoms with Gasteiger partial charge in [0.1, 0.15) is 0 Å². The highest BCUT2D eigenvalue weighted by atomic mass is 35.5. The summed E-state index contributed by atoms with van der Waals surface area (Å²) in [4.78, 5) is 13.8. The van der Waals surface area contributed by atoms with E-state index in [-0.39, 0.29) is 12.1 Å². The van der Waals surface area contributed by atoms with Crippen LogP contribution in [-0.2, 0) is 0 Å². The molecule has 4 nitrogen and oxygen atoms in total. The van der Waals surface area contributed by atoms with Crippen LogP contribution in [0.25, 0.3) is 0 Å². The molecule has 1 aromatic carbocycles. The second-order valence-electron chi connectivity index (χ2n) is 4.28. The number of benzene rings is 1. The van der Waals surface area contributed by atoms with Gasteiger partial charge in [0.2, 0.25) is 0 Å². The molecule has 18 heavy (non-hydrogen) atoms. The SMILES string of the molecule is NCC1CCCN1C(=O)Nc1ccc(Cl)c(Cl)c1. The van der Waals surface area contributed by atoms with E-state index in [9.17, 15) is 4.79 Å². The minimum atomic E-state index is -0.138. The van der Waals surface area contributed by atoms with Crippen LogP contribution in [0.4, 0.5) is 10.5 Å². The van der Waals surface area contributed by atoms with Crippen LogP contribution in [0.1, 0.15) is 12.8 Å². The minimum absolute atomic E-state index is 0.132. The predicted octanol–water partition coefficient (Wildman–Crippen LogP) is 2.95. The highest BCUT2D eigenvalue weighted by Gasteiger charge is 2.27. The van der Waals surface area contributed by atoms with Crippen LogP contribution in [0.3, 0.4) is 0 Å². The molecule has 0 aromatic heterocycles.